The number of tetrazole rings is 1. The number of hydrogen-bond donors (Lipinski definition) is 1. The van der Waals surface area contributed by atoms with E-state index in [1.807, 2.05) is 29.7 Å². The standard InChI is InChI=1S/C30H34N8O2/c1-3-5-10-25-31-28-26(29(39)36(17-4-2)30(40)38(28)19-20-11-12-20)37(25)18-21-13-15-22(16-14-21)23-8-6-7-9-24(23)27-32-34-35-33-27/h6-9,13-16,20H,3-5,10-12,17-19H2,1-2H3,(H,32,33,34,35). The van der Waals surface area contributed by atoms with Crippen molar-refractivity contribution in [1.29, 1.82) is 0 Å². The summed E-state index contributed by atoms with van der Waals surface area (Å²) in [4.78, 5) is 32.1. The van der Waals surface area contributed by atoms with Crippen molar-refractivity contribution in [3.63, 3.8) is 0 Å². The molecule has 1 saturated carbocycles. The van der Waals surface area contributed by atoms with Crippen molar-refractivity contribution in [3.05, 3.63) is 80.8 Å². The van der Waals surface area contributed by atoms with Crippen LogP contribution in [0.15, 0.2) is 58.1 Å². The third kappa shape index (κ3) is 4.89. The summed E-state index contributed by atoms with van der Waals surface area (Å²) in [5.41, 5.74) is 4.64. The lowest BCUT2D eigenvalue weighted by atomic mass is 9.98. The van der Waals surface area contributed by atoms with Gasteiger partial charge in [0.2, 0.25) is 0 Å². The molecule has 1 aliphatic rings. The molecule has 10 nitrogen and oxygen atoms in total. The Morgan fingerprint density at radius 3 is 2.38 bits per heavy atom. The van der Waals surface area contributed by atoms with Crippen LogP contribution in [0.2, 0.25) is 0 Å². The first kappa shape index (κ1) is 25.9. The first-order valence-electron chi connectivity index (χ1n) is 14.2. The second-order valence-corrected chi connectivity index (χ2v) is 10.7. The molecule has 0 saturated heterocycles. The predicted octanol–water partition coefficient (Wildman–Crippen LogP) is 4.42. The quantitative estimate of drug-likeness (QED) is 0.266. The number of nitrogens with zero attached hydrogens (tertiary/aromatic N) is 7. The van der Waals surface area contributed by atoms with Crippen molar-refractivity contribution < 1.29 is 0 Å². The lowest BCUT2D eigenvalue weighted by molar-refractivity contribution is 0.537. The number of aromatic amines is 1. The summed E-state index contributed by atoms with van der Waals surface area (Å²) < 4.78 is 5.21. The average Bonchev–Trinajstić information content (AvgIpc) is 3.49. The van der Waals surface area contributed by atoms with Crippen LogP contribution in [0, 0.1) is 5.92 Å². The van der Waals surface area contributed by atoms with Gasteiger partial charge in [-0.15, -0.1) is 5.10 Å². The van der Waals surface area contributed by atoms with Crippen molar-refractivity contribution in [3.8, 4) is 22.5 Å². The molecule has 206 valence electrons. The monoisotopic (exact) mass is 538 g/mol. The Labute approximate surface area is 231 Å². The van der Waals surface area contributed by atoms with Gasteiger partial charge in [-0.1, -0.05) is 68.8 Å². The Kier molecular flexibility index (Phi) is 7.15. The third-order valence-electron chi connectivity index (χ3n) is 7.67. The summed E-state index contributed by atoms with van der Waals surface area (Å²) in [7, 11) is 0. The van der Waals surface area contributed by atoms with Gasteiger partial charge in [-0.25, -0.2) is 14.9 Å². The van der Waals surface area contributed by atoms with Crippen molar-refractivity contribution in [2.45, 2.75) is 72.0 Å². The van der Waals surface area contributed by atoms with E-state index >= 15 is 0 Å². The first-order valence-corrected chi connectivity index (χ1v) is 14.2. The molecule has 0 radical (unpaired) electrons. The number of aryl methyl sites for hydroxylation is 1. The van der Waals surface area contributed by atoms with Crippen LogP contribution in [0.3, 0.4) is 0 Å². The topological polar surface area (TPSA) is 116 Å². The molecule has 0 aliphatic heterocycles. The lowest BCUT2D eigenvalue weighted by Crippen LogP contribution is -2.41. The van der Waals surface area contributed by atoms with E-state index in [9.17, 15) is 9.59 Å². The molecule has 3 aromatic heterocycles. The maximum absolute atomic E-state index is 13.7. The number of unbranched alkanes of at least 4 members (excludes halogenated alkanes) is 1. The van der Waals surface area contributed by atoms with Crippen LogP contribution >= 0.6 is 0 Å². The van der Waals surface area contributed by atoms with E-state index in [0.29, 0.717) is 49.0 Å². The van der Waals surface area contributed by atoms with Crippen molar-refractivity contribution in [2.75, 3.05) is 0 Å². The summed E-state index contributed by atoms with van der Waals surface area (Å²) in [6.45, 7) is 5.67. The van der Waals surface area contributed by atoms with Gasteiger partial charge in [-0.3, -0.25) is 13.9 Å². The molecule has 10 heteroatoms. The van der Waals surface area contributed by atoms with Gasteiger partial charge in [0, 0.05) is 31.6 Å². The van der Waals surface area contributed by atoms with Gasteiger partial charge in [0.1, 0.15) is 5.82 Å². The van der Waals surface area contributed by atoms with Crippen LogP contribution < -0.4 is 11.2 Å². The van der Waals surface area contributed by atoms with Crippen LogP contribution in [0.5, 0.6) is 0 Å². The van der Waals surface area contributed by atoms with Crippen LogP contribution in [-0.4, -0.2) is 39.3 Å². The highest BCUT2D eigenvalue weighted by atomic mass is 16.2. The zero-order chi connectivity index (χ0) is 27.6. The molecule has 5 aromatic rings. The summed E-state index contributed by atoms with van der Waals surface area (Å²) in [5, 5.41) is 14.4. The fourth-order valence-corrected chi connectivity index (χ4v) is 5.36. The largest absolute Gasteiger partial charge is 0.332 e. The van der Waals surface area contributed by atoms with Crippen molar-refractivity contribution in [1.82, 2.24) is 39.3 Å². The SMILES string of the molecule is CCCCc1nc2c(c(=O)n(CCC)c(=O)n2CC2CC2)n1Cc1ccc(-c2ccccc2-c2nnn[nH]2)cc1. The summed E-state index contributed by atoms with van der Waals surface area (Å²) in [6.07, 6.45) is 5.69. The minimum atomic E-state index is -0.240. The summed E-state index contributed by atoms with van der Waals surface area (Å²) in [6, 6.07) is 16.3. The van der Waals surface area contributed by atoms with Gasteiger partial charge < -0.3 is 4.57 Å². The highest BCUT2D eigenvalue weighted by molar-refractivity contribution is 5.80. The molecule has 1 aliphatic carbocycles. The fraction of sp³-hybridized carbons (Fsp3) is 0.400. The maximum atomic E-state index is 13.7. The molecule has 0 atom stereocenters. The smallest absolute Gasteiger partial charge is 0.318 e. The second kappa shape index (κ2) is 11.0. The predicted molar refractivity (Wildman–Crippen MR) is 154 cm³/mol. The van der Waals surface area contributed by atoms with Crippen LogP contribution in [0.4, 0.5) is 0 Å². The minimum absolute atomic E-state index is 0.233. The molecule has 40 heavy (non-hydrogen) atoms. The van der Waals surface area contributed by atoms with Crippen molar-refractivity contribution >= 4 is 11.2 Å². The molecule has 0 spiro atoms. The van der Waals surface area contributed by atoms with Gasteiger partial charge in [-0.05, 0) is 58.7 Å². The van der Waals surface area contributed by atoms with Crippen molar-refractivity contribution in [2.24, 2.45) is 5.92 Å². The molecule has 1 N–H and O–H groups in total. The molecular formula is C30H34N8O2. The Bertz CT molecular complexity index is 1740. The first-order chi connectivity index (χ1) is 19.6. The van der Waals surface area contributed by atoms with E-state index < -0.39 is 0 Å². The lowest BCUT2D eigenvalue weighted by Gasteiger charge is -2.13. The Balaban J connectivity index is 1.42. The highest BCUT2D eigenvalue weighted by Crippen LogP contribution is 2.32. The van der Waals surface area contributed by atoms with Gasteiger partial charge in [0.05, 0.1) is 0 Å². The number of aromatic nitrogens is 8. The molecule has 0 unspecified atom stereocenters. The van der Waals surface area contributed by atoms with E-state index in [0.717, 1.165) is 60.2 Å². The number of nitrogens with one attached hydrogen (secondary N) is 1. The van der Waals surface area contributed by atoms with Crippen LogP contribution in [0.1, 0.15) is 57.3 Å². The van der Waals surface area contributed by atoms with Crippen LogP contribution in [0.25, 0.3) is 33.7 Å². The Hall–Kier alpha value is -4.34. The van der Waals surface area contributed by atoms with Gasteiger partial charge in [0.15, 0.2) is 17.0 Å². The van der Waals surface area contributed by atoms with E-state index in [-0.39, 0.29) is 11.2 Å². The number of hydrogen-bond acceptors (Lipinski definition) is 6. The Morgan fingerprint density at radius 1 is 0.925 bits per heavy atom. The summed E-state index contributed by atoms with van der Waals surface area (Å²) in [5.74, 6) is 1.96. The molecule has 6 rings (SSSR count). The zero-order valence-corrected chi connectivity index (χ0v) is 23.0. The third-order valence-corrected chi connectivity index (χ3v) is 7.67. The van der Waals surface area contributed by atoms with E-state index in [2.05, 4.69) is 57.9 Å². The highest BCUT2D eigenvalue weighted by Gasteiger charge is 2.27. The zero-order valence-electron chi connectivity index (χ0n) is 23.0. The minimum Gasteiger partial charge on any atom is -0.318 e. The molecule has 0 bridgehead atoms. The molecule has 2 aromatic carbocycles. The van der Waals surface area contributed by atoms with Gasteiger partial charge >= 0.3 is 5.69 Å². The van der Waals surface area contributed by atoms with Crippen LogP contribution in [-0.2, 0) is 26.1 Å². The normalized spacial score (nSPS) is 13.3. The molecule has 1 fully saturated rings. The number of fused-ring (bicyclic) bond motifs is 1. The van der Waals surface area contributed by atoms with E-state index in [1.54, 1.807) is 4.57 Å². The number of H-pyrrole nitrogens is 1. The summed E-state index contributed by atoms with van der Waals surface area (Å²) >= 11 is 0. The van der Waals surface area contributed by atoms with E-state index in [1.165, 1.54) is 4.57 Å². The molecule has 3 heterocycles. The fourth-order valence-electron chi connectivity index (χ4n) is 5.36. The van der Waals surface area contributed by atoms with E-state index in [4.69, 9.17) is 4.98 Å². The van der Waals surface area contributed by atoms with Gasteiger partial charge in [0.25, 0.3) is 5.56 Å². The maximum Gasteiger partial charge on any atom is 0.332 e. The molecule has 0 amide bonds. The average molecular weight is 539 g/mol. The number of rotatable bonds is 11. The van der Waals surface area contributed by atoms with Gasteiger partial charge in [-0.2, -0.15) is 0 Å². The second-order valence-electron chi connectivity index (χ2n) is 10.7. The Morgan fingerprint density at radius 2 is 1.70 bits per heavy atom. The molecular weight excluding hydrogens is 504 g/mol. The number of benzene rings is 2. The number of imidazole rings is 1.